The van der Waals surface area contributed by atoms with Crippen LogP contribution in [0, 0.1) is 5.82 Å². The summed E-state index contributed by atoms with van der Waals surface area (Å²) in [7, 11) is 6.12. The number of oxime groups is 1. The lowest BCUT2D eigenvalue weighted by atomic mass is 9.75. The third-order valence-corrected chi connectivity index (χ3v) is 4.52. The molecule has 0 aromatic heterocycles. The average molecular weight is 294 g/mol. The number of likely N-dealkylation sites (N-methyl/N-ethyl adjacent to an activating group) is 2. The molecule has 0 saturated heterocycles. The van der Waals surface area contributed by atoms with E-state index in [0.29, 0.717) is 5.56 Å². The van der Waals surface area contributed by atoms with E-state index in [1.54, 1.807) is 6.07 Å². The molecule has 0 aliphatic heterocycles. The van der Waals surface area contributed by atoms with Gasteiger partial charge in [0.1, 0.15) is 5.82 Å². The molecule has 2 rings (SSSR count). The Bertz CT molecular complexity index is 540. The number of benzene rings is 1. The number of nitrogens with zero attached hydrogens (tertiary/aromatic N) is 3. The van der Waals surface area contributed by atoms with Crippen LogP contribution < -0.4 is 10.6 Å². The largest absolute Gasteiger partial charge is 0.409 e. The molecule has 0 atom stereocenters. The highest BCUT2D eigenvalue weighted by Crippen LogP contribution is 2.37. The molecule has 0 spiro atoms. The maximum atomic E-state index is 13.4. The Labute approximate surface area is 124 Å². The normalized spacial score (nSPS) is 17.7. The lowest BCUT2D eigenvalue weighted by molar-refractivity contribution is 0.0683. The monoisotopic (exact) mass is 294 g/mol. The molecule has 1 aromatic rings. The van der Waals surface area contributed by atoms with Crippen molar-refractivity contribution in [2.45, 2.75) is 24.8 Å². The summed E-state index contributed by atoms with van der Waals surface area (Å²) in [5, 5.41) is 11.9. The summed E-state index contributed by atoms with van der Waals surface area (Å²) in [5.41, 5.74) is 6.99. The molecule has 1 aliphatic carbocycles. The van der Waals surface area contributed by atoms with Crippen molar-refractivity contribution in [1.29, 1.82) is 0 Å². The summed E-state index contributed by atoms with van der Waals surface area (Å²) in [4.78, 5) is 4.30. The van der Waals surface area contributed by atoms with Gasteiger partial charge in [-0.1, -0.05) is 5.16 Å². The molecule has 0 unspecified atom stereocenters. The Balaban J connectivity index is 2.29. The van der Waals surface area contributed by atoms with E-state index in [1.807, 2.05) is 11.9 Å². The number of halogens is 1. The van der Waals surface area contributed by atoms with Crippen molar-refractivity contribution in [3.05, 3.63) is 29.6 Å². The first-order valence-corrected chi connectivity index (χ1v) is 7.06. The van der Waals surface area contributed by atoms with E-state index in [0.717, 1.165) is 25.1 Å². The fourth-order valence-corrected chi connectivity index (χ4v) is 2.96. The van der Waals surface area contributed by atoms with Gasteiger partial charge in [0, 0.05) is 30.4 Å². The van der Waals surface area contributed by atoms with E-state index < -0.39 is 5.82 Å². The SMILES string of the molecule is CN(CC1(N(C)C)CCC1)c1ccc(F)cc1/C(N)=N/O. The van der Waals surface area contributed by atoms with E-state index >= 15 is 0 Å². The molecule has 5 nitrogen and oxygen atoms in total. The lowest BCUT2D eigenvalue weighted by Gasteiger charge is -2.49. The molecule has 0 heterocycles. The third-order valence-electron chi connectivity index (χ3n) is 4.52. The molecule has 21 heavy (non-hydrogen) atoms. The maximum absolute atomic E-state index is 13.4. The highest BCUT2D eigenvalue weighted by atomic mass is 19.1. The summed E-state index contributed by atoms with van der Waals surface area (Å²) in [5.74, 6) is -0.483. The molecule has 0 bridgehead atoms. The van der Waals surface area contributed by atoms with E-state index in [-0.39, 0.29) is 11.4 Å². The van der Waals surface area contributed by atoms with Crippen molar-refractivity contribution in [1.82, 2.24) is 4.90 Å². The second-order valence-electron chi connectivity index (χ2n) is 5.98. The molecule has 3 N–H and O–H groups in total. The fourth-order valence-electron chi connectivity index (χ4n) is 2.96. The van der Waals surface area contributed by atoms with Crippen LogP contribution in [0.25, 0.3) is 0 Å². The first-order valence-electron chi connectivity index (χ1n) is 7.06. The van der Waals surface area contributed by atoms with Crippen LogP contribution in [0.4, 0.5) is 10.1 Å². The summed E-state index contributed by atoms with van der Waals surface area (Å²) < 4.78 is 13.4. The van der Waals surface area contributed by atoms with Gasteiger partial charge < -0.3 is 20.7 Å². The fraction of sp³-hybridized carbons (Fsp3) is 0.533. The smallest absolute Gasteiger partial charge is 0.172 e. The van der Waals surface area contributed by atoms with Gasteiger partial charge in [0.25, 0.3) is 0 Å². The molecule has 1 saturated carbocycles. The average Bonchev–Trinajstić information content (AvgIpc) is 2.41. The second kappa shape index (κ2) is 5.89. The van der Waals surface area contributed by atoms with Gasteiger partial charge in [-0.3, -0.25) is 0 Å². The van der Waals surface area contributed by atoms with Crippen molar-refractivity contribution in [3.8, 4) is 0 Å². The van der Waals surface area contributed by atoms with Crippen LogP contribution >= 0.6 is 0 Å². The molecule has 1 aromatic carbocycles. The van der Waals surface area contributed by atoms with Crippen molar-refractivity contribution in [2.75, 3.05) is 32.6 Å². The van der Waals surface area contributed by atoms with Crippen molar-refractivity contribution >= 4 is 11.5 Å². The van der Waals surface area contributed by atoms with Crippen molar-refractivity contribution in [2.24, 2.45) is 10.9 Å². The molecular weight excluding hydrogens is 271 g/mol. The number of nitrogens with two attached hydrogens (primary N) is 1. The minimum atomic E-state index is -0.403. The zero-order valence-corrected chi connectivity index (χ0v) is 12.8. The Morgan fingerprint density at radius 2 is 2.05 bits per heavy atom. The Morgan fingerprint density at radius 1 is 1.38 bits per heavy atom. The minimum Gasteiger partial charge on any atom is -0.409 e. The quantitative estimate of drug-likeness (QED) is 0.376. The Morgan fingerprint density at radius 3 is 2.52 bits per heavy atom. The lowest BCUT2D eigenvalue weighted by Crippen LogP contribution is -2.57. The summed E-state index contributed by atoms with van der Waals surface area (Å²) >= 11 is 0. The summed E-state index contributed by atoms with van der Waals surface area (Å²) in [6.45, 7) is 0.817. The van der Waals surface area contributed by atoms with Crippen LogP contribution in [0.1, 0.15) is 24.8 Å². The molecule has 1 fully saturated rings. The van der Waals surface area contributed by atoms with Crippen LogP contribution in [-0.4, -0.2) is 49.2 Å². The predicted molar refractivity (Wildman–Crippen MR) is 82.4 cm³/mol. The highest BCUT2D eigenvalue weighted by molar-refractivity contribution is 6.02. The maximum Gasteiger partial charge on any atom is 0.172 e. The number of amidine groups is 1. The van der Waals surface area contributed by atoms with Crippen LogP contribution in [0.15, 0.2) is 23.4 Å². The predicted octanol–water partition coefficient (Wildman–Crippen LogP) is 1.84. The molecule has 116 valence electrons. The first kappa shape index (κ1) is 15.6. The summed E-state index contributed by atoms with van der Waals surface area (Å²) in [6, 6.07) is 4.36. The third kappa shape index (κ3) is 2.95. The van der Waals surface area contributed by atoms with Crippen LogP contribution in [0.2, 0.25) is 0 Å². The van der Waals surface area contributed by atoms with Crippen LogP contribution in [0.5, 0.6) is 0 Å². The first-order chi connectivity index (χ1) is 9.89. The van der Waals surface area contributed by atoms with Gasteiger partial charge in [0.2, 0.25) is 0 Å². The van der Waals surface area contributed by atoms with Gasteiger partial charge in [0.05, 0.1) is 0 Å². The number of rotatable bonds is 5. The van der Waals surface area contributed by atoms with Gasteiger partial charge in [-0.05, 0) is 51.6 Å². The van der Waals surface area contributed by atoms with Gasteiger partial charge in [-0.25, -0.2) is 4.39 Å². The van der Waals surface area contributed by atoms with E-state index in [9.17, 15) is 4.39 Å². The highest BCUT2D eigenvalue weighted by Gasteiger charge is 2.40. The summed E-state index contributed by atoms with van der Waals surface area (Å²) in [6.07, 6.45) is 3.51. The van der Waals surface area contributed by atoms with Gasteiger partial charge >= 0.3 is 0 Å². The Kier molecular flexibility index (Phi) is 4.37. The zero-order chi connectivity index (χ0) is 15.6. The Hall–Kier alpha value is -1.82. The van der Waals surface area contributed by atoms with Crippen LogP contribution in [-0.2, 0) is 0 Å². The van der Waals surface area contributed by atoms with E-state index in [1.165, 1.54) is 18.6 Å². The van der Waals surface area contributed by atoms with Gasteiger partial charge in [-0.15, -0.1) is 0 Å². The molecular formula is C15H23FN4O. The minimum absolute atomic E-state index is 0.0798. The van der Waals surface area contributed by atoms with Gasteiger partial charge in [0.15, 0.2) is 5.84 Å². The van der Waals surface area contributed by atoms with Crippen molar-refractivity contribution < 1.29 is 9.60 Å². The molecule has 0 radical (unpaired) electrons. The molecule has 0 amide bonds. The van der Waals surface area contributed by atoms with Crippen LogP contribution in [0.3, 0.4) is 0 Å². The zero-order valence-electron chi connectivity index (χ0n) is 12.8. The molecule has 6 heteroatoms. The standard InChI is InChI=1S/C15H23FN4O/c1-19(2)15(7-4-8-15)10-20(3)13-6-5-11(16)9-12(13)14(17)18-21/h5-6,9,21H,4,7-8,10H2,1-3H3,(H2,17,18). The number of anilines is 1. The topological polar surface area (TPSA) is 65.1 Å². The second-order valence-corrected chi connectivity index (χ2v) is 5.98. The van der Waals surface area contributed by atoms with Gasteiger partial charge in [-0.2, -0.15) is 0 Å². The van der Waals surface area contributed by atoms with Crippen molar-refractivity contribution in [3.63, 3.8) is 0 Å². The number of hydrogen-bond acceptors (Lipinski definition) is 4. The molecule has 1 aliphatic rings. The van der Waals surface area contributed by atoms with E-state index in [4.69, 9.17) is 10.9 Å². The number of hydrogen-bond donors (Lipinski definition) is 2. The van der Waals surface area contributed by atoms with E-state index in [2.05, 4.69) is 24.2 Å².